The van der Waals surface area contributed by atoms with E-state index in [0.717, 1.165) is 19.1 Å². The summed E-state index contributed by atoms with van der Waals surface area (Å²) in [4.78, 5) is 0. The van der Waals surface area contributed by atoms with Gasteiger partial charge in [0.05, 0.1) is 18.9 Å². The second-order valence-electron chi connectivity index (χ2n) is 6.78. The number of benzene rings is 1. The van der Waals surface area contributed by atoms with Crippen molar-refractivity contribution in [3.63, 3.8) is 0 Å². The Kier molecular flexibility index (Phi) is 5.47. The van der Waals surface area contributed by atoms with Crippen LogP contribution >= 0.6 is 0 Å². The first-order valence-corrected chi connectivity index (χ1v) is 9.99. The van der Waals surface area contributed by atoms with E-state index < -0.39 is 27.8 Å². The molecule has 0 aromatic heterocycles. The molecule has 136 valence electrons. The van der Waals surface area contributed by atoms with Gasteiger partial charge >= 0.3 is 0 Å². The van der Waals surface area contributed by atoms with Gasteiger partial charge in [-0.2, -0.15) is 4.31 Å². The molecule has 0 amide bonds. The van der Waals surface area contributed by atoms with Gasteiger partial charge in [-0.1, -0.05) is 13.3 Å². The van der Waals surface area contributed by atoms with E-state index in [4.69, 9.17) is 9.47 Å². The first-order chi connectivity index (χ1) is 11.1. The maximum absolute atomic E-state index is 12.0. The molecule has 0 bridgehead atoms. The van der Waals surface area contributed by atoms with E-state index in [2.05, 4.69) is 6.92 Å². The summed E-state index contributed by atoms with van der Waals surface area (Å²) in [6.45, 7) is 6.17. The molecule has 2 atom stereocenters. The van der Waals surface area contributed by atoms with Crippen LogP contribution in [-0.4, -0.2) is 49.4 Å². The van der Waals surface area contributed by atoms with Crippen LogP contribution in [0.15, 0.2) is 18.2 Å². The Hall–Kier alpha value is -1.31. The molecule has 1 aliphatic heterocycles. The lowest BCUT2D eigenvalue weighted by molar-refractivity contribution is -0.0763. The molecule has 0 unspecified atom stereocenters. The topological polar surface area (TPSA) is 76.1 Å². The molecule has 0 saturated carbocycles. The number of sulfonamides is 1. The number of hydrogen-bond acceptors (Lipinski definition) is 5. The van der Waals surface area contributed by atoms with Crippen molar-refractivity contribution in [2.75, 3.05) is 19.9 Å². The van der Waals surface area contributed by atoms with Crippen LogP contribution in [0, 0.1) is 0 Å². The molecule has 0 fully saturated rings. The van der Waals surface area contributed by atoms with Gasteiger partial charge in [0.1, 0.15) is 23.2 Å². The van der Waals surface area contributed by atoms with Crippen molar-refractivity contribution in [2.24, 2.45) is 0 Å². The molecule has 6 nitrogen and oxygen atoms in total. The monoisotopic (exact) mass is 357 g/mol. The summed E-state index contributed by atoms with van der Waals surface area (Å²) in [5.74, 6) is 1.21. The van der Waals surface area contributed by atoms with Crippen LogP contribution < -0.4 is 9.47 Å². The fraction of sp³-hybridized carbons (Fsp3) is 0.647. The standard InChI is InChI=1S/C17H27NO5S/c1-6-7-10-22-12-8-9-14-13(11-12)15(18(4)24(5,20)21)16(19)17(2,3)23-14/h8-9,11,15-16,19H,6-7,10H2,1-5H3/t15-,16+/m1/s1. The number of hydrogen-bond donors (Lipinski definition) is 1. The Bertz CT molecular complexity index is 686. The van der Waals surface area contributed by atoms with Crippen LogP contribution in [0.3, 0.4) is 0 Å². The minimum Gasteiger partial charge on any atom is -0.494 e. The Morgan fingerprint density at radius 1 is 1.38 bits per heavy atom. The third-order valence-electron chi connectivity index (χ3n) is 4.37. The first kappa shape index (κ1) is 19.0. The van der Waals surface area contributed by atoms with Crippen LogP contribution in [0.5, 0.6) is 11.5 Å². The number of nitrogens with zero attached hydrogens (tertiary/aromatic N) is 1. The molecule has 1 heterocycles. The number of unbranched alkanes of at least 4 members (excludes halogenated alkanes) is 1. The summed E-state index contributed by atoms with van der Waals surface area (Å²) in [6.07, 6.45) is 2.09. The maximum Gasteiger partial charge on any atom is 0.211 e. The predicted octanol–water partition coefficient (Wildman–Crippen LogP) is 2.33. The van der Waals surface area contributed by atoms with Gasteiger partial charge in [-0.3, -0.25) is 0 Å². The van der Waals surface area contributed by atoms with Crippen molar-refractivity contribution >= 4 is 10.0 Å². The molecular formula is C17H27NO5S. The predicted molar refractivity (Wildman–Crippen MR) is 92.9 cm³/mol. The highest BCUT2D eigenvalue weighted by atomic mass is 32.2. The van der Waals surface area contributed by atoms with Gasteiger partial charge in [-0.25, -0.2) is 8.42 Å². The van der Waals surface area contributed by atoms with E-state index in [1.54, 1.807) is 32.0 Å². The number of aliphatic hydroxyl groups is 1. The second-order valence-corrected chi connectivity index (χ2v) is 8.82. The van der Waals surface area contributed by atoms with E-state index in [1.165, 1.54) is 11.4 Å². The van der Waals surface area contributed by atoms with Crippen molar-refractivity contribution in [3.05, 3.63) is 23.8 Å². The highest BCUT2D eigenvalue weighted by Crippen LogP contribution is 2.44. The molecule has 0 saturated heterocycles. The van der Waals surface area contributed by atoms with E-state index >= 15 is 0 Å². The van der Waals surface area contributed by atoms with Crippen molar-refractivity contribution in [1.82, 2.24) is 4.31 Å². The molecule has 1 N–H and O–H groups in total. The normalized spacial score (nSPS) is 22.8. The van der Waals surface area contributed by atoms with Gasteiger partial charge in [-0.15, -0.1) is 0 Å². The van der Waals surface area contributed by atoms with Crippen molar-refractivity contribution < 1.29 is 23.0 Å². The van der Waals surface area contributed by atoms with Gasteiger partial charge in [-0.05, 0) is 38.5 Å². The zero-order valence-corrected chi connectivity index (χ0v) is 15.8. The zero-order valence-electron chi connectivity index (χ0n) is 14.9. The van der Waals surface area contributed by atoms with Crippen LogP contribution in [0.1, 0.15) is 45.2 Å². The first-order valence-electron chi connectivity index (χ1n) is 8.14. The lowest BCUT2D eigenvalue weighted by atomic mass is 9.86. The minimum atomic E-state index is -3.49. The van der Waals surface area contributed by atoms with Crippen LogP contribution in [0.2, 0.25) is 0 Å². The highest BCUT2D eigenvalue weighted by molar-refractivity contribution is 7.88. The maximum atomic E-state index is 12.0. The summed E-state index contributed by atoms with van der Waals surface area (Å²) in [7, 11) is -2.01. The number of aliphatic hydroxyl groups excluding tert-OH is 1. The number of fused-ring (bicyclic) bond motifs is 1. The molecule has 0 aliphatic carbocycles. The lowest BCUT2D eigenvalue weighted by Crippen LogP contribution is -2.53. The van der Waals surface area contributed by atoms with Crippen molar-refractivity contribution in [2.45, 2.75) is 51.4 Å². The lowest BCUT2D eigenvalue weighted by Gasteiger charge is -2.44. The Morgan fingerprint density at radius 3 is 2.62 bits per heavy atom. The second kappa shape index (κ2) is 6.90. The summed E-state index contributed by atoms with van der Waals surface area (Å²) < 4.78 is 36.8. The largest absolute Gasteiger partial charge is 0.494 e. The molecule has 0 radical (unpaired) electrons. The smallest absolute Gasteiger partial charge is 0.211 e. The third kappa shape index (κ3) is 3.84. The fourth-order valence-electron chi connectivity index (χ4n) is 2.77. The van der Waals surface area contributed by atoms with Crippen molar-refractivity contribution in [1.29, 1.82) is 0 Å². The summed E-state index contributed by atoms with van der Waals surface area (Å²) >= 11 is 0. The molecule has 2 rings (SSSR count). The van der Waals surface area contributed by atoms with Gasteiger partial charge in [0.15, 0.2) is 0 Å². The molecule has 24 heavy (non-hydrogen) atoms. The van der Waals surface area contributed by atoms with Crippen molar-refractivity contribution in [3.8, 4) is 11.5 Å². The molecule has 7 heteroatoms. The van der Waals surface area contributed by atoms with Gasteiger partial charge in [0, 0.05) is 12.6 Å². The van der Waals surface area contributed by atoms with E-state index in [-0.39, 0.29) is 0 Å². The number of likely N-dealkylation sites (N-methyl/N-ethyl adjacent to an activating group) is 1. The summed E-state index contributed by atoms with van der Waals surface area (Å²) in [5, 5.41) is 10.7. The molecular weight excluding hydrogens is 330 g/mol. The van der Waals surface area contributed by atoms with E-state index in [1.807, 2.05) is 0 Å². The van der Waals surface area contributed by atoms with E-state index in [0.29, 0.717) is 23.7 Å². The highest BCUT2D eigenvalue weighted by Gasteiger charge is 2.46. The SMILES string of the molecule is CCCCOc1ccc2c(c1)[C@@H](N(C)S(C)(=O)=O)[C@H](O)C(C)(C)O2. The third-order valence-corrected chi connectivity index (χ3v) is 5.64. The molecule has 1 aliphatic rings. The van der Waals surface area contributed by atoms with Crippen LogP contribution in [0.4, 0.5) is 0 Å². The van der Waals surface area contributed by atoms with Crippen LogP contribution in [-0.2, 0) is 10.0 Å². The number of rotatable bonds is 6. The Balaban J connectivity index is 2.45. The van der Waals surface area contributed by atoms with Gasteiger partial charge < -0.3 is 14.6 Å². The Morgan fingerprint density at radius 2 is 2.04 bits per heavy atom. The molecule has 1 aromatic rings. The van der Waals surface area contributed by atoms with E-state index in [9.17, 15) is 13.5 Å². The zero-order chi connectivity index (χ0) is 18.1. The average Bonchev–Trinajstić information content (AvgIpc) is 2.47. The fourth-order valence-corrected chi connectivity index (χ4v) is 3.41. The van der Waals surface area contributed by atoms with Gasteiger partial charge in [0.25, 0.3) is 0 Å². The summed E-state index contributed by atoms with van der Waals surface area (Å²) in [6, 6.07) is 4.61. The van der Waals surface area contributed by atoms with Gasteiger partial charge in [0.2, 0.25) is 10.0 Å². The number of ether oxygens (including phenoxy) is 2. The van der Waals surface area contributed by atoms with Crippen LogP contribution in [0.25, 0.3) is 0 Å². The quantitative estimate of drug-likeness (QED) is 0.791. The summed E-state index contributed by atoms with van der Waals surface area (Å²) in [5.41, 5.74) is -0.287. The Labute approximate surface area is 144 Å². The minimum absolute atomic E-state index is 0.564. The average molecular weight is 357 g/mol. The molecule has 1 aromatic carbocycles. The molecule has 0 spiro atoms.